The zero-order valence-electron chi connectivity index (χ0n) is 17.1. The van der Waals surface area contributed by atoms with E-state index in [1.807, 2.05) is 22.8 Å². The van der Waals surface area contributed by atoms with E-state index in [4.69, 9.17) is 4.99 Å². The van der Waals surface area contributed by atoms with Crippen LogP contribution in [-0.4, -0.2) is 55.8 Å². The summed E-state index contributed by atoms with van der Waals surface area (Å²) in [4.78, 5) is 7.41. The molecule has 4 rings (SSSR count). The molecule has 1 aliphatic carbocycles. The molecule has 0 amide bonds. The van der Waals surface area contributed by atoms with Gasteiger partial charge < -0.3 is 10.2 Å². The lowest BCUT2D eigenvalue weighted by molar-refractivity contribution is 0.293. The lowest BCUT2D eigenvalue weighted by Crippen LogP contribution is -2.53. The third-order valence-corrected chi connectivity index (χ3v) is 7.21. The molecule has 1 saturated heterocycles. The van der Waals surface area contributed by atoms with Crippen molar-refractivity contribution in [2.45, 2.75) is 50.3 Å². The third kappa shape index (κ3) is 5.45. The zero-order chi connectivity index (χ0) is 19.2. The molecular formula is C21H31IN6S. The van der Waals surface area contributed by atoms with Gasteiger partial charge in [0, 0.05) is 35.8 Å². The molecular weight excluding hydrogens is 495 g/mol. The van der Waals surface area contributed by atoms with Gasteiger partial charge in [-0.1, -0.05) is 37.5 Å². The number of aromatic nitrogens is 3. The average molecular weight is 526 g/mol. The Hall–Kier alpha value is -1.29. The molecule has 2 aliphatic rings. The van der Waals surface area contributed by atoms with Crippen LogP contribution < -0.4 is 5.32 Å². The molecule has 1 aliphatic heterocycles. The van der Waals surface area contributed by atoms with Gasteiger partial charge in [0.05, 0.1) is 0 Å². The van der Waals surface area contributed by atoms with E-state index in [1.165, 1.54) is 37.9 Å². The van der Waals surface area contributed by atoms with E-state index in [0.717, 1.165) is 37.1 Å². The Morgan fingerprint density at radius 3 is 2.76 bits per heavy atom. The molecule has 6 nitrogen and oxygen atoms in total. The van der Waals surface area contributed by atoms with E-state index in [1.54, 1.807) is 6.33 Å². The van der Waals surface area contributed by atoms with E-state index >= 15 is 0 Å². The van der Waals surface area contributed by atoms with Gasteiger partial charge in [0.25, 0.3) is 0 Å². The van der Waals surface area contributed by atoms with E-state index < -0.39 is 0 Å². The first-order valence-corrected chi connectivity index (χ1v) is 11.4. The highest BCUT2D eigenvalue weighted by Gasteiger charge is 2.38. The van der Waals surface area contributed by atoms with Crippen molar-refractivity contribution in [3.05, 3.63) is 42.5 Å². The monoisotopic (exact) mass is 526 g/mol. The third-order valence-electron chi connectivity index (χ3n) is 5.67. The first-order valence-electron chi connectivity index (χ1n) is 10.4. The van der Waals surface area contributed by atoms with Gasteiger partial charge in [-0.3, -0.25) is 4.57 Å². The summed E-state index contributed by atoms with van der Waals surface area (Å²) in [6, 6.07) is 10.2. The summed E-state index contributed by atoms with van der Waals surface area (Å²) in [5, 5.41) is 11.9. The van der Waals surface area contributed by atoms with Crippen molar-refractivity contribution in [3.63, 3.8) is 0 Å². The van der Waals surface area contributed by atoms with Gasteiger partial charge in [-0.15, -0.1) is 34.2 Å². The molecule has 2 aromatic rings. The second kappa shape index (κ2) is 10.7. The number of rotatable bonds is 4. The summed E-state index contributed by atoms with van der Waals surface area (Å²) in [5.74, 6) is 3.06. The molecule has 2 heterocycles. The van der Waals surface area contributed by atoms with Crippen molar-refractivity contribution in [3.8, 4) is 5.69 Å². The lowest BCUT2D eigenvalue weighted by atomic mass is 9.87. The SMILES string of the molecule is CCNC(=NCc1nncn1-c1ccccc1)N1CCSC2(CCCCC2)C1.I. The van der Waals surface area contributed by atoms with Gasteiger partial charge in [0.2, 0.25) is 0 Å². The maximum absolute atomic E-state index is 4.94. The van der Waals surface area contributed by atoms with Gasteiger partial charge in [-0.25, -0.2) is 4.99 Å². The summed E-state index contributed by atoms with van der Waals surface area (Å²) < 4.78 is 2.44. The van der Waals surface area contributed by atoms with Crippen LogP contribution in [0.3, 0.4) is 0 Å². The minimum Gasteiger partial charge on any atom is -0.357 e. The zero-order valence-corrected chi connectivity index (χ0v) is 20.2. The number of thioether (sulfide) groups is 1. The van der Waals surface area contributed by atoms with Crippen molar-refractivity contribution in [1.29, 1.82) is 0 Å². The van der Waals surface area contributed by atoms with Crippen LogP contribution in [0.25, 0.3) is 5.69 Å². The molecule has 1 spiro atoms. The highest BCUT2D eigenvalue weighted by molar-refractivity contribution is 14.0. The predicted octanol–water partition coefficient (Wildman–Crippen LogP) is 4.10. The average Bonchev–Trinajstić information content (AvgIpc) is 3.21. The maximum atomic E-state index is 4.94. The Labute approximate surface area is 195 Å². The first kappa shape index (κ1) is 22.4. The normalized spacial score (nSPS) is 19.1. The minimum absolute atomic E-state index is 0. The summed E-state index contributed by atoms with van der Waals surface area (Å²) in [7, 11) is 0. The van der Waals surface area contributed by atoms with Crippen molar-refractivity contribution < 1.29 is 0 Å². The Bertz CT molecular complexity index is 782. The predicted molar refractivity (Wildman–Crippen MR) is 131 cm³/mol. The van der Waals surface area contributed by atoms with E-state index in [0.29, 0.717) is 11.3 Å². The van der Waals surface area contributed by atoms with Crippen molar-refractivity contribution in [2.75, 3.05) is 25.4 Å². The summed E-state index contributed by atoms with van der Waals surface area (Å²) in [6.07, 6.45) is 8.59. The molecule has 1 aromatic carbocycles. The van der Waals surface area contributed by atoms with Crippen molar-refractivity contribution >= 4 is 41.7 Å². The highest BCUT2D eigenvalue weighted by Crippen LogP contribution is 2.42. The van der Waals surface area contributed by atoms with Crippen molar-refractivity contribution in [2.24, 2.45) is 4.99 Å². The van der Waals surface area contributed by atoms with E-state index in [2.05, 4.69) is 51.2 Å². The number of nitrogens with one attached hydrogen (secondary N) is 1. The molecule has 0 atom stereocenters. The smallest absolute Gasteiger partial charge is 0.194 e. The molecule has 0 bridgehead atoms. The molecule has 1 N–H and O–H groups in total. The molecule has 0 radical (unpaired) electrons. The van der Waals surface area contributed by atoms with Gasteiger partial charge in [-0.2, -0.15) is 11.8 Å². The minimum atomic E-state index is 0. The van der Waals surface area contributed by atoms with Gasteiger partial charge in [-0.05, 0) is 31.9 Å². The Morgan fingerprint density at radius 2 is 2.00 bits per heavy atom. The molecule has 158 valence electrons. The number of hydrogen-bond acceptors (Lipinski definition) is 4. The number of aliphatic imine (C=N–C) groups is 1. The number of guanidine groups is 1. The first-order chi connectivity index (χ1) is 13.8. The number of nitrogens with zero attached hydrogens (tertiary/aromatic N) is 5. The molecule has 0 unspecified atom stereocenters. The fourth-order valence-corrected chi connectivity index (χ4v) is 5.84. The second-order valence-electron chi connectivity index (χ2n) is 7.64. The van der Waals surface area contributed by atoms with Crippen LogP contribution in [0.15, 0.2) is 41.7 Å². The fraction of sp³-hybridized carbons (Fsp3) is 0.571. The Morgan fingerprint density at radius 1 is 1.21 bits per heavy atom. The molecule has 1 aromatic heterocycles. The van der Waals surface area contributed by atoms with Gasteiger partial charge >= 0.3 is 0 Å². The topological polar surface area (TPSA) is 58.3 Å². The summed E-state index contributed by atoms with van der Waals surface area (Å²) in [6.45, 7) is 5.70. The van der Waals surface area contributed by atoms with Crippen LogP contribution in [0.4, 0.5) is 0 Å². The number of hydrogen-bond donors (Lipinski definition) is 1. The highest BCUT2D eigenvalue weighted by atomic mass is 127. The van der Waals surface area contributed by atoms with Crippen LogP contribution >= 0.6 is 35.7 Å². The Balaban J connectivity index is 0.00000240. The summed E-state index contributed by atoms with van der Waals surface area (Å²) in [5.41, 5.74) is 1.07. The summed E-state index contributed by atoms with van der Waals surface area (Å²) >= 11 is 2.19. The standard InChI is InChI=1S/C21H30N6S.HI/c1-2-22-20(26-13-14-28-21(16-26)11-7-4-8-12-21)23-15-19-25-24-17-27(19)18-9-5-3-6-10-18;/h3,5-6,9-10,17H,2,4,7-8,11-16H2,1H3,(H,22,23);1H. The second-order valence-corrected chi connectivity index (χ2v) is 9.20. The fourth-order valence-electron chi connectivity index (χ4n) is 4.27. The maximum Gasteiger partial charge on any atom is 0.194 e. The van der Waals surface area contributed by atoms with Crippen LogP contribution in [0.5, 0.6) is 0 Å². The molecule has 2 fully saturated rings. The molecule has 1 saturated carbocycles. The largest absolute Gasteiger partial charge is 0.357 e. The van der Waals surface area contributed by atoms with Crippen LogP contribution in [-0.2, 0) is 6.54 Å². The molecule has 29 heavy (non-hydrogen) atoms. The van der Waals surface area contributed by atoms with Crippen LogP contribution in [0.1, 0.15) is 44.9 Å². The van der Waals surface area contributed by atoms with Crippen LogP contribution in [0.2, 0.25) is 0 Å². The van der Waals surface area contributed by atoms with E-state index in [-0.39, 0.29) is 24.0 Å². The quantitative estimate of drug-likeness (QED) is 0.370. The number of halogens is 1. The van der Waals surface area contributed by atoms with E-state index in [9.17, 15) is 0 Å². The lowest BCUT2D eigenvalue weighted by Gasteiger charge is -2.45. The van der Waals surface area contributed by atoms with Gasteiger partial charge in [0.1, 0.15) is 12.9 Å². The number of benzene rings is 1. The molecule has 8 heteroatoms. The number of para-hydroxylation sites is 1. The van der Waals surface area contributed by atoms with Gasteiger partial charge in [0.15, 0.2) is 11.8 Å². The van der Waals surface area contributed by atoms with Crippen molar-refractivity contribution in [1.82, 2.24) is 25.0 Å². The van der Waals surface area contributed by atoms with Crippen LogP contribution in [0, 0.1) is 0 Å². The Kier molecular flexibility index (Phi) is 8.23.